The van der Waals surface area contributed by atoms with E-state index in [0.717, 1.165) is 25.2 Å². The van der Waals surface area contributed by atoms with Crippen molar-refractivity contribution in [3.8, 4) is 0 Å². The summed E-state index contributed by atoms with van der Waals surface area (Å²) in [6.45, 7) is 2.74. The maximum absolute atomic E-state index is 11.3. The second-order valence-corrected chi connectivity index (χ2v) is 4.35. The van der Waals surface area contributed by atoms with E-state index in [1.54, 1.807) is 0 Å². The number of likely N-dealkylation sites (N-methyl/N-ethyl adjacent to an activating group) is 2. The molecule has 1 aromatic rings. The summed E-state index contributed by atoms with van der Waals surface area (Å²) < 4.78 is 0. The summed E-state index contributed by atoms with van der Waals surface area (Å²) in [4.78, 5) is 13.5. The number of rotatable bonds is 7. The Kier molecular flexibility index (Phi) is 6.35. The van der Waals surface area contributed by atoms with Crippen LogP contribution >= 0.6 is 0 Å². The van der Waals surface area contributed by atoms with E-state index in [2.05, 4.69) is 28.8 Å². The van der Waals surface area contributed by atoms with Gasteiger partial charge in [-0.05, 0) is 25.2 Å². The van der Waals surface area contributed by atoms with Crippen molar-refractivity contribution in [1.82, 2.24) is 15.6 Å². The Bertz CT molecular complexity index is 381. The van der Waals surface area contributed by atoms with Crippen molar-refractivity contribution >= 4 is 5.91 Å². The van der Waals surface area contributed by atoms with Gasteiger partial charge < -0.3 is 10.2 Å². The first kappa shape index (κ1) is 14.6. The zero-order chi connectivity index (χ0) is 13.4. The molecule has 100 valence electrons. The molecule has 0 saturated carbocycles. The van der Waals surface area contributed by atoms with Gasteiger partial charge in [-0.3, -0.25) is 10.2 Å². The average Bonchev–Trinajstić information content (AvgIpc) is 2.38. The predicted molar refractivity (Wildman–Crippen MR) is 72.7 cm³/mol. The summed E-state index contributed by atoms with van der Waals surface area (Å²) in [6.07, 6.45) is 0.326. The van der Waals surface area contributed by atoms with E-state index in [-0.39, 0.29) is 5.91 Å². The zero-order valence-corrected chi connectivity index (χ0v) is 11.1. The van der Waals surface area contributed by atoms with Crippen LogP contribution in [0.2, 0.25) is 0 Å². The lowest BCUT2D eigenvalue weighted by Gasteiger charge is -2.18. The van der Waals surface area contributed by atoms with Crippen LogP contribution in [0, 0.1) is 0 Å². The monoisotopic (exact) mass is 250 g/mol. The lowest BCUT2D eigenvalue weighted by Crippen LogP contribution is -2.32. The number of hydrogen-bond acceptors (Lipinski definition) is 4. The van der Waals surface area contributed by atoms with Crippen LogP contribution < -0.4 is 16.6 Å². The molecule has 18 heavy (non-hydrogen) atoms. The molecule has 1 rings (SSSR count). The number of benzene rings is 1. The predicted octanol–water partition coefficient (Wildman–Crippen LogP) is -0.130. The fourth-order valence-corrected chi connectivity index (χ4v) is 1.78. The molecule has 0 unspecified atom stereocenters. The van der Waals surface area contributed by atoms with Gasteiger partial charge in [0.05, 0.1) is 6.42 Å². The van der Waals surface area contributed by atoms with E-state index in [0.29, 0.717) is 6.42 Å². The molecule has 1 amide bonds. The first-order valence-electron chi connectivity index (χ1n) is 6.06. The Balaban J connectivity index is 2.66. The maximum atomic E-state index is 11.3. The van der Waals surface area contributed by atoms with Crippen molar-refractivity contribution in [3.63, 3.8) is 0 Å². The topological polar surface area (TPSA) is 70.4 Å². The highest BCUT2D eigenvalue weighted by Crippen LogP contribution is 2.11. The number of amides is 1. The minimum absolute atomic E-state index is 0.166. The van der Waals surface area contributed by atoms with Gasteiger partial charge in [0.1, 0.15) is 0 Å². The fourth-order valence-electron chi connectivity index (χ4n) is 1.78. The maximum Gasteiger partial charge on any atom is 0.238 e. The number of hydrogen-bond donors (Lipinski definition) is 3. The second kappa shape index (κ2) is 7.81. The molecule has 0 aliphatic carbocycles. The highest BCUT2D eigenvalue weighted by atomic mass is 16.2. The van der Waals surface area contributed by atoms with Crippen LogP contribution in [0.15, 0.2) is 24.3 Å². The highest BCUT2D eigenvalue weighted by molar-refractivity contribution is 5.78. The molecule has 0 fully saturated rings. The molecule has 4 N–H and O–H groups in total. The van der Waals surface area contributed by atoms with Crippen LogP contribution in [0.25, 0.3) is 0 Å². The van der Waals surface area contributed by atoms with Crippen LogP contribution in [0.5, 0.6) is 0 Å². The Hall–Kier alpha value is -1.43. The Morgan fingerprint density at radius 1 is 1.33 bits per heavy atom. The van der Waals surface area contributed by atoms with Gasteiger partial charge in [0, 0.05) is 19.6 Å². The summed E-state index contributed by atoms with van der Waals surface area (Å²) in [5.41, 5.74) is 4.36. The third-order valence-corrected chi connectivity index (χ3v) is 2.81. The summed E-state index contributed by atoms with van der Waals surface area (Å²) in [6, 6.07) is 7.95. The smallest absolute Gasteiger partial charge is 0.238 e. The van der Waals surface area contributed by atoms with Gasteiger partial charge in [-0.15, -0.1) is 0 Å². The van der Waals surface area contributed by atoms with E-state index in [1.165, 1.54) is 5.56 Å². The molecule has 0 spiro atoms. The number of nitrogens with two attached hydrogens (primary N) is 1. The molecule has 1 aromatic carbocycles. The highest BCUT2D eigenvalue weighted by Gasteiger charge is 2.08. The van der Waals surface area contributed by atoms with E-state index in [9.17, 15) is 4.79 Å². The van der Waals surface area contributed by atoms with Gasteiger partial charge in [-0.1, -0.05) is 24.3 Å². The van der Waals surface area contributed by atoms with Gasteiger partial charge in [0.2, 0.25) is 5.91 Å². The molecule has 0 bridgehead atoms. The van der Waals surface area contributed by atoms with Crippen LogP contribution in [0.1, 0.15) is 11.1 Å². The largest absolute Gasteiger partial charge is 0.318 e. The second-order valence-electron chi connectivity index (χ2n) is 4.35. The first-order chi connectivity index (χ1) is 8.67. The first-order valence-corrected chi connectivity index (χ1v) is 6.06. The molecular formula is C13H22N4O. The lowest BCUT2D eigenvalue weighted by molar-refractivity contribution is -0.120. The number of carbonyl (C=O) groups is 1. The standard InChI is InChI=1S/C13H22N4O/c1-15-7-8-17(2)10-12-6-4-3-5-11(12)9-13(18)16-14/h3-6,15H,7-10,14H2,1-2H3,(H,16,18). The molecule has 0 heterocycles. The zero-order valence-electron chi connectivity index (χ0n) is 11.1. The average molecular weight is 250 g/mol. The van der Waals surface area contributed by atoms with Crippen LogP contribution in [0.3, 0.4) is 0 Å². The molecule has 5 nitrogen and oxygen atoms in total. The molecule has 0 aromatic heterocycles. The van der Waals surface area contributed by atoms with Crippen molar-refractivity contribution in [2.75, 3.05) is 27.2 Å². The quantitative estimate of drug-likeness (QED) is 0.358. The summed E-state index contributed by atoms with van der Waals surface area (Å²) in [5.74, 6) is 4.95. The minimum Gasteiger partial charge on any atom is -0.318 e. The number of nitrogens with one attached hydrogen (secondary N) is 2. The van der Waals surface area contributed by atoms with E-state index >= 15 is 0 Å². The third kappa shape index (κ3) is 4.83. The summed E-state index contributed by atoms with van der Waals surface area (Å²) in [5, 5.41) is 3.12. The van der Waals surface area contributed by atoms with Crippen molar-refractivity contribution in [3.05, 3.63) is 35.4 Å². The van der Waals surface area contributed by atoms with Crippen molar-refractivity contribution in [1.29, 1.82) is 0 Å². The van der Waals surface area contributed by atoms with Gasteiger partial charge in [-0.25, -0.2) is 5.84 Å². The van der Waals surface area contributed by atoms with Crippen molar-refractivity contribution < 1.29 is 4.79 Å². The van der Waals surface area contributed by atoms with Gasteiger partial charge in [-0.2, -0.15) is 0 Å². The van der Waals surface area contributed by atoms with Crippen LogP contribution in [-0.2, 0) is 17.8 Å². The lowest BCUT2D eigenvalue weighted by atomic mass is 10.0. The Morgan fingerprint density at radius 2 is 2.00 bits per heavy atom. The fraction of sp³-hybridized carbons (Fsp3) is 0.462. The molecule has 0 aliphatic rings. The third-order valence-electron chi connectivity index (χ3n) is 2.81. The Morgan fingerprint density at radius 3 is 2.61 bits per heavy atom. The Labute approximate surface area is 108 Å². The normalized spacial score (nSPS) is 10.7. The van der Waals surface area contributed by atoms with Crippen LogP contribution in [-0.4, -0.2) is 38.0 Å². The number of nitrogens with zero attached hydrogens (tertiary/aromatic N) is 1. The van der Waals surface area contributed by atoms with Gasteiger partial charge in [0.15, 0.2) is 0 Å². The summed E-state index contributed by atoms with van der Waals surface area (Å²) in [7, 11) is 4.00. The molecular weight excluding hydrogens is 228 g/mol. The minimum atomic E-state index is -0.166. The molecule has 5 heteroatoms. The number of carbonyl (C=O) groups excluding carboxylic acids is 1. The van der Waals surface area contributed by atoms with Crippen molar-refractivity contribution in [2.45, 2.75) is 13.0 Å². The van der Waals surface area contributed by atoms with E-state index in [1.807, 2.05) is 25.2 Å². The molecule has 0 saturated heterocycles. The molecule has 0 aliphatic heterocycles. The van der Waals surface area contributed by atoms with Gasteiger partial charge >= 0.3 is 0 Å². The SMILES string of the molecule is CNCCN(C)Cc1ccccc1CC(=O)NN. The molecule has 0 atom stereocenters. The van der Waals surface area contributed by atoms with E-state index < -0.39 is 0 Å². The molecule has 0 radical (unpaired) electrons. The summed E-state index contributed by atoms with van der Waals surface area (Å²) >= 11 is 0. The number of hydrazine groups is 1. The van der Waals surface area contributed by atoms with E-state index in [4.69, 9.17) is 5.84 Å². The van der Waals surface area contributed by atoms with Gasteiger partial charge in [0.25, 0.3) is 0 Å². The van der Waals surface area contributed by atoms with Crippen molar-refractivity contribution in [2.24, 2.45) is 5.84 Å². The van der Waals surface area contributed by atoms with Crippen LogP contribution in [0.4, 0.5) is 0 Å².